The molecule has 0 radical (unpaired) electrons. The molecule has 27 heavy (non-hydrogen) atoms. The minimum absolute atomic E-state index is 0.111. The summed E-state index contributed by atoms with van der Waals surface area (Å²) in [5.74, 6) is -0.454. The third kappa shape index (κ3) is 4.26. The lowest BCUT2D eigenvalue weighted by atomic mass is 10.3. The second-order valence-electron chi connectivity index (χ2n) is 6.45. The molecule has 3 aromatic rings. The highest BCUT2D eigenvalue weighted by atomic mass is 32.1. The predicted molar refractivity (Wildman–Crippen MR) is 103 cm³/mol. The first-order chi connectivity index (χ1) is 13.2. The second kappa shape index (κ2) is 8.02. The third-order valence-electron chi connectivity index (χ3n) is 4.61. The van der Waals surface area contributed by atoms with Crippen molar-refractivity contribution >= 4 is 27.5 Å². The lowest BCUT2D eigenvalue weighted by Gasteiger charge is -2.34. The van der Waals surface area contributed by atoms with Crippen LogP contribution in [0.3, 0.4) is 0 Å². The molecule has 140 valence electrons. The van der Waals surface area contributed by atoms with Crippen molar-refractivity contribution in [2.45, 2.75) is 6.54 Å². The van der Waals surface area contributed by atoms with E-state index in [0.717, 1.165) is 30.2 Å². The number of para-hydroxylation sites is 2. The molecule has 1 saturated heterocycles. The minimum atomic E-state index is -0.453. The maximum Gasteiger partial charge on any atom is 0.260 e. The highest BCUT2D eigenvalue weighted by Crippen LogP contribution is 2.23. The highest BCUT2D eigenvalue weighted by Gasteiger charge is 2.22. The van der Waals surface area contributed by atoms with Crippen LogP contribution in [0, 0.1) is 5.82 Å². The maximum atomic E-state index is 13.6. The summed E-state index contributed by atoms with van der Waals surface area (Å²) in [5.41, 5.74) is 1.04. The van der Waals surface area contributed by atoms with Crippen LogP contribution in [0.15, 0.2) is 48.5 Å². The molecule has 0 saturated carbocycles. The fourth-order valence-electron chi connectivity index (χ4n) is 3.13. The number of carbonyl (C=O) groups excluding carboxylic acids is 1. The van der Waals surface area contributed by atoms with Gasteiger partial charge in [0.1, 0.15) is 5.01 Å². The number of aromatic nitrogens is 1. The van der Waals surface area contributed by atoms with Gasteiger partial charge in [0.15, 0.2) is 18.2 Å². The van der Waals surface area contributed by atoms with Gasteiger partial charge in [0, 0.05) is 26.2 Å². The van der Waals surface area contributed by atoms with Gasteiger partial charge in [-0.3, -0.25) is 9.69 Å². The number of nitrogens with zero attached hydrogens (tertiary/aromatic N) is 3. The van der Waals surface area contributed by atoms with E-state index in [1.807, 2.05) is 18.2 Å². The Bertz CT molecular complexity index is 905. The molecule has 1 amide bonds. The number of benzene rings is 2. The highest BCUT2D eigenvalue weighted by molar-refractivity contribution is 7.18. The van der Waals surface area contributed by atoms with Gasteiger partial charge < -0.3 is 9.64 Å². The molecule has 0 aliphatic carbocycles. The zero-order valence-electron chi connectivity index (χ0n) is 14.8. The number of thiazole rings is 1. The first-order valence-electron chi connectivity index (χ1n) is 8.91. The van der Waals surface area contributed by atoms with Gasteiger partial charge in [-0.25, -0.2) is 9.37 Å². The van der Waals surface area contributed by atoms with Crippen molar-refractivity contribution in [2.24, 2.45) is 0 Å². The lowest BCUT2D eigenvalue weighted by molar-refractivity contribution is -0.135. The van der Waals surface area contributed by atoms with Gasteiger partial charge in [0.05, 0.1) is 16.8 Å². The van der Waals surface area contributed by atoms with Crippen LogP contribution >= 0.6 is 11.3 Å². The standard InChI is InChI=1S/C20H20FN3O2S/c21-15-5-1-3-7-17(15)26-14-20(25)24-11-9-23(10-12-24)13-19-22-16-6-2-4-8-18(16)27-19/h1-8H,9-14H2. The summed E-state index contributed by atoms with van der Waals surface area (Å²) in [7, 11) is 0. The Balaban J connectivity index is 1.27. The molecule has 1 aliphatic heterocycles. The Morgan fingerprint density at radius 1 is 1.07 bits per heavy atom. The number of ether oxygens (including phenoxy) is 1. The molecule has 2 heterocycles. The van der Waals surface area contributed by atoms with E-state index in [-0.39, 0.29) is 18.3 Å². The van der Waals surface area contributed by atoms with Crippen molar-refractivity contribution in [3.8, 4) is 5.75 Å². The molecule has 0 bridgehead atoms. The molecule has 0 unspecified atom stereocenters. The molecule has 1 aliphatic rings. The SMILES string of the molecule is O=C(COc1ccccc1F)N1CCN(Cc2nc3ccccc3s2)CC1. The van der Waals surface area contributed by atoms with Crippen molar-refractivity contribution in [1.29, 1.82) is 0 Å². The predicted octanol–water partition coefficient (Wildman–Crippen LogP) is 3.16. The van der Waals surface area contributed by atoms with Crippen molar-refractivity contribution < 1.29 is 13.9 Å². The molecule has 7 heteroatoms. The van der Waals surface area contributed by atoms with Gasteiger partial charge in [-0.1, -0.05) is 24.3 Å². The molecule has 0 N–H and O–H groups in total. The number of amides is 1. The maximum absolute atomic E-state index is 13.6. The largest absolute Gasteiger partial charge is 0.481 e. The van der Waals surface area contributed by atoms with Crippen LogP contribution in [0.5, 0.6) is 5.75 Å². The summed E-state index contributed by atoms with van der Waals surface area (Å²) < 4.78 is 20.1. The average molecular weight is 385 g/mol. The van der Waals surface area contributed by atoms with Crippen LogP contribution in [0.2, 0.25) is 0 Å². The van der Waals surface area contributed by atoms with Crippen molar-refractivity contribution in [1.82, 2.24) is 14.8 Å². The smallest absolute Gasteiger partial charge is 0.260 e. The van der Waals surface area contributed by atoms with E-state index in [9.17, 15) is 9.18 Å². The first kappa shape index (κ1) is 17.9. The summed E-state index contributed by atoms with van der Waals surface area (Å²) >= 11 is 1.72. The van der Waals surface area contributed by atoms with Gasteiger partial charge in [-0.2, -0.15) is 0 Å². The molecule has 0 spiro atoms. The van der Waals surface area contributed by atoms with E-state index >= 15 is 0 Å². The summed E-state index contributed by atoms with van der Waals surface area (Å²) in [4.78, 5) is 21.1. The normalized spacial score (nSPS) is 15.2. The molecule has 0 atom stereocenters. The van der Waals surface area contributed by atoms with Gasteiger partial charge in [-0.15, -0.1) is 11.3 Å². The monoisotopic (exact) mass is 385 g/mol. The van der Waals surface area contributed by atoms with Crippen LogP contribution in [0.4, 0.5) is 4.39 Å². The van der Waals surface area contributed by atoms with Gasteiger partial charge in [-0.05, 0) is 24.3 Å². The molecule has 5 nitrogen and oxygen atoms in total. The Morgan fingerprint density at radius 3 is 2.59 bits per heavy atom. The molecule has 2 aromatic carbocycles. The fourth-order valence-corrected chi connectivity index (χ4v) is 4.14. The summed E-state index contributed by atoms with van der Waals surface area (Å²) in [6, 6.07) is 14.3. The number of fused-ring (bicyclic) bond motifs is 1. The van der Waals surface area contributed by atoms with Crippen LogP contribution < -0.4 is 4.74 Å². The van der Waals surface area contributed by atoms with Gasteiger partial charge in [0.25, 0.3) is 5.91 Å². The Kier molecular flexibility index (Phi) is 5.31. The topological polar surface area (TPSA) is 45.7 Å². The van der Waals surface area contributed by atoms with Crippen LogP contribution in [0.1, 0.15) is 5.01 Å². The number of carbonyl (C=O) groups is 1. The number of piperazine rings is 1. The van der Waals surface area contributed by atoms with Gasteiger partial charge >= 0.3 is 0 Å². The molecule has 4 rings (SSSR count). The van der Waals surface area contributed by atoms with E-state index in [0.29, 0.717) is 13.1 Å². The Morgan fingerprint density at radius 2 is 1.81 bits per heavy atom. The van der Waals surface area contributed by atoms with E-state index < -0.39 is 5.82 Å². The fraction of sp³-hybridized carbons (Fsp3) is 0.300. The molecule has 1 fully saturated rings. The Hall–Kier alpha value is -2.51. The van der Waals surface area contributed by atoms with Crippen LogP contribution in [-0.4, -0.2) is 53.5 Å². The number of hydrogen-bond acceptors (Lipinski definition) is 5. The summed E-state index contributed by atoms with van der Waals surface area (Å²) in [6.45, 7) is 3.53. The van der Waals surface area contributed by atoms with Crippen LogP contribution in [0.25, 0.3) is 10.2 Å². The molecular weight excluding hydrogens is 365 g/mol. The second-order valence-corrected chi connectivity index (χ2v) is 7.57. The third-order valence-corrected chi connectivity index (χ3v) is 5.63. The molecule has 1 aromatic heterocycles. The minimum Gasteiger partial charge on any atom is -0.481 e. The van der Waals surface area contributed by atoms with E-state index in [1.54, 1.807) is 28.4 Å². The first-order valence-corrected chi connectivity index (χ1v) is 9.72. The van der Waals surface area contributed by atoms with E-state index in [4.69, 9.17) is 4.74 Å². The zero-order valence-corrected chi connectivity index (χ0v) is 15.6. The number of halogens is 1. The number of hydrogen-bond donors (Lipinski definition) is 0. The van der Waals surface area contributed by atoms with E-state index in [1.165, 1.54) is 16.8 Å². The Labute approximate surface area is 161 Å². The zero-order chi connectivity index (χ0) is 18.6. The molecular formula is C20H20FN3O2S. The number of rotatable bonds is 5. The van der Waals surface area contributed by atoms with Crippen molar-refractivity contribution in [2.75, 3.05) is 32.8 Å². The average Bonchev–Trinajstić information content (AvgIpc) is 3.10. The quantitative estimate of drug-likeness (QED) is 0.677. The summed E-state index contributed by atoms with van der Waals surface area (Å²) in [5, 5.41) is 1.10. The van der Waals surface area contributed by atoms with Crippen molar-refractivity contribution in [3.05, 3.63) is 59.4 Å². The van der Waals surface area contributed by atoms with Gasteiger partial charge in [0.2, 0.25) is 0 Å². The lowest BCUT2D eigenvalue weighted by Crippen LogP contribution is -2.49. The summed E-state index contributed by atoms with van der Waals surface area (Å²) in [6.07, 6.45) is 0. The van der Waals surface area contributed by atoms with Crippen LogP contribution in [-0.2, 0) is 11.3 Å². The van der Waals surface area contributed by atoms with Crippen molar-refractivity contribution in [3.63, 3.8) is 0 Å². The van der Waals surface area contributed by atoms with E-state index in [2.05, 4.69) is 16.0 Å².